The first-order chi connectivity index (χ1) is 12.6. The van der Waals surface area contributed by atoms with Crippen LogP contribution in [0.2, 0.25) is 0 Å². The number of nitrogens with zero attached hydrogens (tertiary/aromatic N) is 4. The Morgan fingerprint density at radius 1 is 1.27 bits per heavy atom. The van der Waals surface area contributed by atoms with Crippen molar-refractivity contribution in [2.75, 3.05) is 6.54 Å². The highest BCUT2D eigenvalue weighted by Crippen LogP contribution is 2.22. The zero-order chi connectivity index (χ0) is 18.5. The fraction of sp³-hybridized carbons (Fsp3) is 0.526. The minimum atomic E-state index is -0.820. The van der Waals surface area contributed by atoms with Crippen molar-refractivity contribution in [1.29, 1.82) is 0 Å². The highest BCUT2D eigenvalue weighted by Gasteiger charge is 2.27. The number of aliphatic carboxylic acids is 1. The second-order valence-corrected chi connectivity index (χ2v) is 6.79. The Kier molecular flexibility index (Phi) is 5.75. The topological polar surface area (TPSA) is 80.4 Å². The van der Waals surface area contributed by atoms with Crippen LogP contribution in [0, 0.1) is 0 Å². The van der Waals surface area contributed by atoms with Crippen LogP contribution in [-0.2, 0) is 29.1 Å². The Morgan fingerprint density at radius 2 is 2.04 bits per heavy atom. The summed E-state index contributed by atoms with van der Waals surface area (Å²) in [5.74, 6) is -0.677. The number of aryl methyl sites for hydroxylation is 2. The molecule has 0 aliphatic carbocycles. The normalized spacial score (nSPS) is 15.3. The molecule has 7 nitrogen and oxygen atoms in total. The summed E-state index contributed by atoms with van der Waals surface area (Å²) in [7, 11) is 0. The molecule has 2 aromatic rings. The molecular weight excluding hydrogens is 332 g/mol. The minimum Gasteiger partial charge on any atom is -0.481 e. The fourth-order valence-corrected chi connectivity index (χ4v) is 3.51. The molecule has 0 spiro atoms. The number of carbonyl (C=O) groups is 2. The minimum absolute atomic E-state index is 0.0747. The van der Waals surface area contributed by atoms with Gasteiger partial charge in [0, 0.05) is 31.9 Å². The second-order valence-electron chi connectivity index (χ2n) is 6.79. The number of amides is 1. The van der Waals surface area contributed by atoms with E-state index in [0.29, 0.717) is 19.5 Å². The molecule has 3 heterocycles. The third kappa shape index (κ3) is 4.15. The molecule has 1 N–H and O–H groups in total. The molecular formula is C19H26N4O3. The van der Waals surface area contributed by atoms with Crippen molar-refractivity contribution in [3.8, 4) is 0 Å². The maximum absolute atomic E-state index is 13.2. The van der Waals surface area contributed by atoms with E-state index in [9.17, 15) is 9.59 Å². The van der Waals surface area contributed by atoms with E-state index in [1.165, 1.54) is 0 Å². The highest BCUT2D eigenvalue weighted by molar-refractivity contribution is 5.80. The Bertz CT molecular complexity index is 751. The van der Waals surface area contributed by atoms with Crippen LogP contribution in [0.3, 0.4) is 0 Å². The van der Waals surface area contributed by atoms with Crippen molar-refractivity contribution in [3.63, 3.8) is 0 Å². The van der Waals surface area contributed by atoms with Gasteiger partial charge in [-0.3, -0.25) is 14.3 Å². The Labute approximate surface area is 153 Å². The van der Waals surface area contributed by atoms with Gasteiger partial charge in [-0.15, -0.1) is 0 Å². The Hall–Kier alpha value is -2.57. The summed E-state index contributed by atoms with van der Waals surface area (Å²) < 4.78 is 3.92. The fourth-order valence-electron chi connectivity index (χ4n) is 3.51. The van der Waals surface area contributed by atoms with Gasteiger partial charge in [-0.05, 0) is 31.0 Å². The molecule has 0 aromatic carbocycles. The lowest BCUT2D eigenvalue weighted by atomic mass is 10.1. The van der Waals surface area contributed by atoms with E-state index in [2.05, 4.69) is 12.0 Å². The lowest BCUT2D eigenvalue weighted by Crippen LogP contribution is -2.36. The highest BCUT2D eigenvalue weighted by atomic mass is 16.4. The van der Waals surface area contributed by atoms with Crippen LogP contribution in [0.15, 0.2) is 30.6 Å². The van der Waals surface area contributed by atoms with Gasteiger partial charge in [0.1, 0.15) is 6.04 Å². The van der Waals surface area contributed by atoms with Gasteiger partial charge in [0.15, 0.2) is 0 Å². The van der Waals surface area contributed by atoms with E-state index in [1.807, 2.05) is 44.7 Å². The first-order valence-electron chi connectivity index (χ1n) is 9.27. The van der Waals surface area contributed by atoms with Crippen molar-refractivity contribution in [2.45, 2.75) is 58.2 Å². The van der Waals surface area contributed by atoms with E-state index in [0.717, 1.165) is 37.2 Å². The molecule has 26 heavy (non-hydrogen) atoms. The molecule has 1 aliphatic rings. The molecule has 0 saturated carbocycles. The molecule has 0 unspecified atom stereocenters. The predicted molar refractivity (Wildman–Crippen MR) is 96.6 cm³/mol. The molecule has 1 atom stereocenters. The summed E-state index contributed by atoms with van der Waals surface area (Å²) >= 11 is 0. The first-order valence-corrected chi connectivity index (χ1v) is 9.27. The van der Waals surface area contributed by atoms with Gasteiger partial charge < -0.3 is 14.6 Å². The lowest BCUT2D eigenvalue weighted by molar-refractivity contribution is -0.137. The molecule has 1 amide bonds. The van der Waals surface area contributed by atoms with Crippen LogP contribution in [-0.4, -0.2) is 42.8 Å². The van der Waals surface area contributed by atoms with Crippen molar-refractivity contribution < 1.29 is 14.7 Å². The van der Waals surface area contributed by atoms with Crippen LogP contribution < -0.4 is 0 Å². The number of carboxylic acids is 1. The van der Waals surface area contributed by atoms with Gasteiger partial charge in [0.2, 0.25) is 5.91 Å². The number of fused-ring (bicyclic) bond motifs is 1. The van der Waals surface area contributed by atoms with Gasteiger partial charge in [-0.2, -0.15) is 5.10 Å². The monoisotopic (exact) mass is 358 g/mol. The van der Waals surface area contributed by atoms with Crippen LogP contribution in [0.5, 0.6) is 0 Å². The van der Waals surface area contributed by atoms with Crippen LogP contribution in [0.25, 0.3) is 0 Å². The SMILES string of the molecule is CCC[C@H](C(=O)N1CCCn2nc(CCC(=O)O)cc2C1)n1cccc1. The molecule has 2 aromatic heterocycles. The third-order valence-electron chi connectivity index (χ3n) is 4.81. The summed E-state index contributed by atoms with van der Waals surface area (Å²) in [6, 6.07) is 5.67. The molecule has 0 saturated heterocycles. The summed E-state index contributed by atoms with van der Waals surface area (Å²) in [5, 5.41) is 13.4. The third-order valence-corrected chi connectivity index (χ3v) is 4.81. The average molecular weight is 358 g/mol. The van der Waals surface area contributed by atoms with Gasteiger partial charge in [-0.1, -0.05) is 13.3 Å². The van der Waals surface area contributed by atoms with E-state index < -0.39 is 5.97 Å². The Balaban J connectivity index is 1.74. The summed E-state index contributed by atoms with van der Waals surface area (Å²) in [6.45, 7) is 4.10. The predicted octanol–water partition coefficient (Wildman–Crippen LogP) is 2.48. The van der Waals surface area contributed by atoms with E-state index in [4.69, 9.17) is 5.11 Å². The van der Waals surface area contributed by atoms with Gasteiger partial charge >= 0.3 is 5.97 Å². The van der Waals surface area contributed by atoms with E-state index in [1.54, 1.807) is 0 Å². The van der Waals surface area contributed by atoms with Crippen LogP contribution >= 0.6 is 0 Å². The van der Waals surface area contributed by atoms with Gasteiger partial charge in [-0.25, -0.2) is 0 Å². The molecule has 3 rings (SSSR count). The standard InChI is InChI=1S/C19H26N4O3/c1-2-6-17(21-9-3-4-10-21)19(26)22-11-5-12-23-16(14-22)13-15(20-23)7-8-18(24)25/h3-4,9-10,13,17H,2,5-8,11-12,14H2,1H3,(H,24,25)/t17-/m1/s1. The summed E-state index contributed by atoms with van der Waals surface area (Å²) in [5.41, 5.74) is 1.77. The number of hydrogen-bond acceptors (Lipinski definition) is 3. The first kappa shape index (κ1) is 18.2. The van der Waals surface area contributed by atoms with E-state index >= 15 is 0 Å². The van der Waals surface area contributed by atoms with Gasteiger partial charge in [0.05, 0.1) is 24.4 Å². The molecule has 0 bridgehead atoms. The van der Waals surface area contributed by atoms with Crippen molar-refractivity contribution >= 4 is 11.9 Å². The number of rotatable bonds is 7. The van der Waals surface area contributed by atoms with E-state index in [-0.39, 0.29) is 18.4 Å². The summed E-state index contributed by atoms with van der Waals surface area (Å²) in [4.78, 5) is 25.9. The lowest BCUT2D eigenvalue weighted by Gasteiger charge is -2.26. The van der Waals surface area contributed by atoms with Crippen molar-refractivity contribution in [1.82, 2.24) is 19.2 Å². The molecule has 1 aliphatic heterocycles. The zero-order valence-corrected chi connectivity index (χ0v) is 15.2. The molecule has 140 valence electrons. The molecule has 0 fully saturated rings. The van der Waals surface area contributed by atoms with Gasteiger partial charge in [0.25, 0.3) is 0 Å². The molecule has 0 radical (unpaired) electrons. The second kappa shape index (κ2) is 8.21. The number of aromatic nitrogens is 3. The number of hydrogen-bond donors (Lipinski definition) is 1. The Morgan fingerprint density at radius 3 is 2.73 bits per heavy atom. The zero-order valence-electron chi connectivity index (χ0n) is 15.2. The van der Waals surface area contributed by atoms with Crippen LogP contribution in [0.4, 0.5) is 0 Å². The van der Waals surface area contributed by atoms with Crippen molar-refractivity contribution in [2.24, 2.45) is 0 Å². The summed E-state index contributed by atoms with van der Waals surface area (Å²) in [6.07, 6.45) is 7.00. The molecule has 7 heteroatoms. The largest absolute Gasteiger partial charge is 0.481 e. The smallest absolute Gasteiger partial charge is 0.303 e. The quantitative estimate of drug-likeness (QED) is 0.824. The maximum atomic E-state index is 13.2. The van der Waals surface area contributed by atoms with Crippen LogP contribution in [0.1, 0.15) is 50.0 Å². The maximum Gasteiger partial charge on any atom is 0.303 e. The number of carbonyl (C=O) groups excluding carboxylic acids is 1. The average Bonchev–Trinajstić information content (AvgIpc) is 3.23. The van der Waals surface area contributed by atoms with Crippen molar-refractivity contribution in [3.05, 3.63) is 42.0 Å². The number of carboxylic acid groups (broad SMARTS) is 1.